The third kappa shape index (κ3) is 4.57. The quantitative estimate of drug-likeness (QED) is 0.519. The first-order chi connectivity index (χ1) is 12.9. The van der Waals surface area contributed by atoms with E-state index in [2.05, 4.69) is 12.2 Å². The first-order valence-corrected chi connectivity index (χ1v) is 10.8. The lowest BCUT2D eigenvalue weighted by Crippen LogP contribution is -3.13. The molecule has 2 aliphatic rings. The number of nitro groups is 1. The molecule has 0 amide bonds. The highest BCUT2D eigenvalue weighted by Crippen LogP contribution is 2.30. The zero-order valence-electron chi connectivity index (χ0n) is 15.5. The zero-order valence-corrected chi connectivity index (χ0v) is 16.3. The van der Waals surface area contributed by atoms with Crippen LogP contribution in [0.2, 0.25) is 0 Å². The normalized spacial score (nSPS) is 24.5. The number of hydrogen-bond acceptors (Lipinski definition) is 6. The number of sulfonamides is 1. The molecule has 3 rings (SSSR count). The van der Waals surface area contributed by atoms with Crippen molar-refractivity contribution in [2.24, 2.45) is 0 Å². The van der Waals surface area contributed by atoms with E-state index in [0.717, 1.165) is 32.5 Å². The predicted molar refractivity (Wildman–Crippen MR) is 101 cm³/mol. The van der Waals surface area contributed by atoms with Gasteiger partial charge < -0.3 is 15.0 Å². The van der Waals surface area contributed by atoms with E-state index in [1.165, 1.54) is 27.4 Å². The molecule has 2 fully saturated rings. The Balaban J connectivity index is 1.80. The second kappa shape index (κ2) is 8.51. The standard InChI is InChI=1S/C17H26N4O5S/c1-2-19-7-5-14(6-8-19)18-16-4-3-15(13-17(16)21(22)23)27(24,25)20-9-11-26-12-10-20/h3-4,13-14,18H,2,5-12H2,1H3/p+1. The van der Waals surface area contributed by atoms with E-state index in [-0.39, 0.29) is 29.7 Å². The number of anilines is 1. The van der Waals surface area contributed by atoms with Crippen molar-refractivity contribution < 1.29 is 23.0 Å². The van der Waals surface area contributed by atoms with Crippen LogP contribution in [0, 0.1) is 10.1 Å². The molecule has 0 bridgehead atoms. The van der Waals surface area contributed by atoms with Gasteiger partial charge in [-0.2, -0.15) is 4.31 Å². The fourth-order valence-electron chi connectivity index (χ4n) is 3.62. The van der Waals surface area contributed by atoms with Crippen molar-refractivity contribution in [3.8, 4) is 0 Å². The van der Waals surface area contributed by atoms with E-state index >= 15 is 0 Å². The molecule has 0 spiro atoms. The molecule has 0 radical (unpaired) electrons. The number of benzene rings is 1. The molecule has 2 saturated heterocycles. The van der Waals surface area contributed by atoms with Gasteiger partial charge in [0.2, 0.25) is 10.0 Å². The number of nitro benzene ring substituents is 1. The summed E-state index contributed by atoms with van der Waals surface area (Å²) in [7, 11) is -3.76. The van der Waals surface area contributed by atoms with E-state index in [9.17, 15) is 18.5 Å². The van der Waals surface area contributed by atoms with Gasteiger partial charge in [0.05, 0.1) is 42.7 Å². The monoisotopic (exact) mass is 399 g/mol. The smallest absolute Gasteiger partial charge is 0.293 e. The van der Waals surface area contributed by atoms with Gasteiger partial charge in [-0.3, -0.25) is 10.1 Å². The maximum Gasteiger partial charge on any atom is 0.293 e. The third-order valence-electron chi connectivity index (χ3n) is 5.33. The van der Waals surface area contributed by atoms with Crippen molar-refractivity contribution in [3.05, 3.63) is 28.3 Å². The molecule has 9 nitrogen and oxygen atoms in total. The van der Waals surface area contributed by atoms with Crippen LogP contribution in [0.25, 0.3) is 0 Å². The van der Waals surface area contributed by atoms with E-state index in [1.54, 1.807) is 0 Å². The molecule has 2 aliphatic heterocycles. The largest absolute Gasteiger partial charge is 0.379 e. The highest BCUT2D eigenvalue weighted by Gasteiger charge is 2.30. The highest BCUT2D eigenvalue weighted by atomic mass is 32.2. The molecule has 10 heteroatoms. The topological polar surface area (TPSA) is 106 Å². The first-order valence-electron chi connectivity index (χ1n) is 9.38. The van der Waals surface area contributed by atoms with Crippen LogP contribution in [0.5, 0.6) is 0 Å². The zero-order chi connectivity index (χ0) is 19.4. The minimum atomic E-state index is -3.76. The van der Waals surface area contributed by atoms with Crippen molar-refractivity contribution in [1.29, 1.82) is 0 Å². The number of rotatable bonds is 6. The average Bonchev–Trinajstić information content (AvgIpc) is 2.69. The molecular weight excluding hydrogens is 372 g/mol. The lowest BCUT2D eigenvalue weighted by Gasteiger charge is -2.29. The summed E-state index contributed by atoms with van der Waals surface area (Å²) in [5.41, 5.74) is 0.181. The molecule has 0 aliphatic carbocycles. The second-order valence-electron chi connectivity index (χ2n) is 6.97. The third-order valence-corrected chi connectivity index (χ3v) is 7.22. The molecule has 0 saturated carbocycles. The van der Waals surface area contributed by atoms with Crippen LogP contribution in [0.1, 0.15) is 19.8 Å². The highest BCUT2D eigenvalue weighted by molar-refractivity contribution is 7.89. The number of quaternary nitrogens is 1. The van der Waals surface area contributed by atoms with E-state index < -0.39 is 14.9 Å². The first kappa shape index (κ1) is 20.0. The summed E-state index contributed by atoms with van der Waals surface area (Å²) in [5.74, 6) is 0. The molecule has 0 aromatic heterocycles. The van der Waals surface area contributed by atoms with Crippen LogP contribution < -0.4 is 10.2 Å². The Morgan fingerprint density at radius 1 is 1.30 bits per heavy atom. The van der Waals surface area contributed by atoms with Crippen molar-refractivity contribution >= 4 is 21.4 Å². The van der Waals surface area contributed by atoms with Crippen LogP contribution in [0.15, 0.2) is 23.1 Å². The molecular formula is C17H27N4O5S+. The molecule has 150 valence electrons. The Morgan fingerprint density at radius 3 is 2.56 bits per heavy atom. The Kier molecular flexibility index (Phi) is 6.30. The van der Waals surface area contributed by atoms with Gasteiger partial charge in [-0.05, 0) is 19.1 Å². The van der Waals surface area contributed by atoms with Crippen molar-refractivity contribution in [2.45, 2.75) is 30.7 Å². The summed E-state index contributed by atoms with van der Waals surface area (Å²) >= 11 is 0. The minimum absolute atomic E-state index is 0.0492. The Bertz CT molecular complexity index is 772. The van der Waals surface area contributed by atoms with Gasteiger partial charge in [-0.1, -0.05) is 0 Å². The van der Waals surface area contributed by atoms with Crippen LogP contribution in [-0.4, -0.2) is 69.6 Å². The number of nitrogens with zero attached hydrogens (tertiary/aromatic N) is 2. The van der Waals surface area contributed by atoms with Crippen molar-refractivity contribution in [3.63, 3.8) is 0 Å². The van der Waals surface area contributed by atoms with Gasteiger partial charge in [-0.25, -0.2) is 8.42 Å². The SMILES string of the molecule is CC[NH+]1CCC(Nc2ccc(S(=O)(=O)N3CCOCC3)cc2[N+](=O)[O-])CC1. The van der Waals surface area contributed by atoms with Crippen LogP contribution in [0.4, 0.5) is 11.4 Å². The van der Waals surface area contributed by atoms with Crippen molar-refractivity contribution in [2.75, 3.05) is 51.3 Å². The summed E-state index contributed by atoms with van der Waals surface area (Å²) < 4.78 is 32.0. The van der Waals surface area contributed by atoms with Gasteiger partial charge in [0.15, 0.2) is 0 Å². The van der Waals surface area contributed by atoms with Crippen LogP contribution in [0.3, 0.4) is 0 Å². The number of hydrogen-bond donors (Lipinski definition) is 2. The maximum absolute atomic E-state index is 12.8. The number of morpholine rings is 1. The van der Waals surface area contributed by atoms with Gasteiger partial charge in [-0.15, -0.1) is 0 Å². The molecule has 0 unspecified atom stereocenters. The summed E-state index contributed by atoms with van der Waals surface area (Å²) in [5, 5.41) is 14.8. The summed E-state index contributed by atoms with van der Waals surface area (Å²) in [4.78, 5) is 12.5. The van der Waals surface area contributed by atoms with Gasteiger partial charge in [0.1, 0.15) is 5.69 Å². The van der Waals surface area contributed by atoms with E-state index in [4.69, 9.17) is 4.74 Å². The molecule has 0 atom stereocenters. The summed E-state index contributed by atoms with van der Waals surface area (Å²) in [6.07, 6.45) is 1.88. The van der Waals surface area contributed by atoms with Gasteiger partial charge in [0, 0.05) is 38.0 Å². The minimum Gasteiger partial charge on any atom is -0.379 e. The fraction of sp³-hybridized carbons (Fsp3) is 0.647. The van der Waals surface area contributed by atoms with Gasteiger partial charge in [0.25, 0.3) is 5.69 Å². The van der Waals surface area contributed by atoms with Crippen LogP contribution >= 0.6 is 0 Å². The summed E-state index contributed by atoms with van der Waals surface area (Å²) in [6.45, 7) is 6.49. The van der Waals surface area contributed by atoms with E-state index in [1.807, 2.05) is 0 Å². The lowest BCUT2D eigenvalue weighted by atomic mass is 10.0. The van der Waals surface area contributed by atoms with Crippen LogP contribution in [-0.2, 0) is 14.8 Å². The Labute approximate surface area is 159 Å². The fourth-order valence-corrected chi connectivity index (χ4v) is 5.05. The average molecular weight is 399 g/mol. The maximum atomic E-state index is 12.8. The molecule has 1 aromatic carbocycles. The molecule has 2 heterocycles. The molecule has 27 heavy (non-hydrogen) atoms. The van der Waals surface area contributed by atoms with Crippen molar-refractivity contribution in [1.82, 2.24) is 4.31 Å². The number of nitrogens with one attached hydrogen (secondary N) is 2. The molecule has 1 aromatic rings. The predicted octanol–water partition coefficient (Wildman–Crippen LogP) is 0.0948. The Morgan fingerprint density at radius 2 is 1.96 bits per heavy atom. The second-order valence-corrected chi connectivity index (χ2v) is 8.91. The number of piperidine rings is 1. The van der Waals surface area contributed by atoms with E-state index in [0.29, 0.717) is 18.9 Å². The summed E-state index contributed by atoms with van der Waals surface area (Å²) in [6, 6.07) is 4.30. The molecule has 2 N–H and O–H groups in total. The number of likely N-dealkylation sites (tertiary alicyclic amines) is 1. The van der Waals surface area contributed by atoms with Gasteiger partial charge >= 0.3 is 0 Å². The lowest BCUT2D eigenvalue weighted by molar-refractivity contribution is -0.903. The number of ether oxygens (including phenoxy) is 1. The Hall–Kier alpha value is -1.75.